The Morgan fingerprint density at radius 2 is 1.03 bits per heavy atom. The van der Waals surface area contributed by atoms with Crippen LogP contribution < -0.4 is 28.4 Å². The van der Waals surface area contributed by atoms with E-state index in [2.05, 4.69) is 31.9 Å². The van der Waals surface area contributed by atoms with Crippen molar-refractivity contribution in [2.24, 2.45) is 0 Å². The molecule has 11 heteroatoms. The lowest BCUT2D eigenvalue weighted by Crippen LogP contribution is -2.08. The average Bonchev–Trinajstić information content (AvgIpc) is 2.89. The fraction of sp³-hybridized carbons (Fsp3) is 0.357. The van der Waals surface area contributed by atoms with Gasteiger partial charge in [-0.3, -0.25) is 0 Å². The van der Waals surface area contributed by atoms with Crippen molar-refractivity contribution in [2.75, 3.05) is 26.4 Å². The quantitative estimate of drug-likeness (QED) is 0.112. The first-order valence-corrected chi connectivity index (χ1v) is 14.8. The van der Waals surface area contributed by atoms with E-state index < -0.39 is 11.9 Å². The molecule has 0 heterocycles. The molecule has 0 bridgehead atoms. The van der Waals surface area contributed by atoms with Crippen LogP contribution >= 0.6 is 43.6 Å². The number of rotatable bonds is 14. The van der Waals surface area contributed by atoms with Crippen LogP contribution in [0.3, 0.4) is 0 Å². The zero-order valence-electron chi connectivity index (χ0n) is 22.7. The van der Waals surface area contributed by atoms with E-state index in [4.69, 9.17) is 28.4 Å². The maximum atomic E-state index is 12.3. The molecule has 0 fully saturated rings. The second-order valence-electron chi connectivity index (χ2n) is 7.37. The van der Waals surface area contributed by atoms with E-state index in [1.54, 1.807) is 38.1 Å². The highest BCUT2D eigenvalue weighted by molar-refractivity contribution is 9.11. The number of carbonyl (C=O) groups is 2. The van der Waals surface area contributed by atoms with Gasteiger partial charge in [-0.1, -0.05) is 23.9 Å². The number of hydrogen-bond donors (Lipinski definition) is 0. The smallest absolute Gasteiger partial charge is 0.335 e. The molecule has 0 unspecified atom stereocenters. The molecule has 0 aliphatic rings. The number of carbonyl (C=O) groups excluding carboxylic acids is 2. The molecule has 2 aromatic rings. The standard InChI is InChI=1S/C28H32Br2O8S/c1-7-13-21(31)37-25-17(33-9-3)15-19(27(23(25)29)35-11-5)39-20-16-18(34-10-4)26(38-22(32)14-8-2)24(30)28(20)36-12-6/h7-8,13-16H,9-12H2,1-6H3. The van der Waals surface area contributed by atoms with Crippen LogP contribution in [-0.4, -0.2) is 38.4 Å². The largest absolute Gasteiger partial charge is 0.491 e. The predicted molar refractivity (Wildman–Crippen MR) is 158 cm³/mol. The fourth-order valence-electron chi connectivity index (χ4n) is 3.22. The van der Waals surface area contributed by atoms with Crippen molar-refractivity contribution >= 4 is 55.6 Å². The Hall–Kier alpha value is -2.63. The summed E-state index contributed by atoms with van der Waals surface area (Å²) in [6.07, 6.45) is 5.81. The van der Waals surface area contributed by atoms with E-state index >= 15 is 0 Å². The molecule has 0 atom stereocenters. The third-order valence-electron chi connectivity index (χ3n) is 4.62. The van der Waals surface area contributed by atoms with Gasteiger partial charge in [0.2, 0.25) is 0 Å². The molecule has 0 amide bonds. The maximum Gasteiger partial charge on any atom is 0.335 e. The molecule has 2 rings (SSSR count). The summed E-state index contributed by atoms with van der Waals surface area (Å²) in [5.74, 6) is 0.936. The summed E-state index contributed by atoms with van der Waals surface area (Å²) in [6, 6.07) is 3.48. The minimum atomic E-state index is -0.547. The van der Waals surface area contributed by atoms with Crippen LogP contribution in [0.2, 0.25) is 0 Å². The maximum absolute atomic E-state index is 12.3. The molecule has 212 valence electrons. The fourth-order valence-corrected chi connectivity index (χ4v) is 5.77. The topological polar surface area (TPSA) is 89.5 Å². The Morgan fingerprint density at radius 1 is 0.667 bits per heavy atom. The van der Waals surface area contributed by atoms with E-state index in [0.29, 0.717) is 68.2 Å². The highest BCUT2D eigenvalue weighted by Crippen LogP contribution is 2.54. The summed E-state index contributed by atoms with van der Waals surface area (Å²) in [4.78, 5) is 25.8. The van der Waals surface area contributed by atoms with Gasteiger partial charge in [0.05, 0.1) is 36.2 Å². The van der Waals surface area contributed by atoms with E-state index in [1.807, 2.05) is 27.7 Å². The first kappa shape index (κ1) is 32.6. The third kappa shape index (κ3) is 8.68. The van der Waals surface area contributed by atoms with Gasteiger partial charge in [-0.05, 0) is 73.4 Å². The Bertz CT molecular complexity index is 1130. The van der Waals surface area contributed by atoms with Crippen LogP contribution in [-0.2, 0) is 9.59 Å². The van der Waals surface area contributed by atoms with Crippen molar-refractivity contribution in [3.05, 3.63) is 45.4 Å². The lowest BCUT2D eigenvalue weighted by atomic mass is 10.3. The molecule has 0 saturated heterocycles. The number of benzene rings is 2. The molecule has 0 saturated carbocycles. The van der Waals surface area contributed by atoms with Crippen molar-refractivity contribution < 1.29 is 38.0 Å². The van der Waals surface area contributed by atoms with Crippen LogP contribution in [0.1, 0.15) is 41.5 Å². The van der Waals surface area contributed by atoms with Crippen LogP contribution in [0.25, 0.3) is 0 Å². The van der Waals surface area contributed by atoms with E-state index in [-0.39, 0.29) is 11.5 Å². The van der Waals surface area contributed by atoms with Crippen LogP contribution in [0.4, 0.5) is 0 Å². The van der Waals surface area contributed by atoms with Gasteiger partial charge >= 0.3 is 11.9 Å². The lowest BCUT2D eigenvalue weighted by molar-refractivity contribution is -0.130. The highest BCUT2D eigenvalue weighted by Gasteiger charge is 2.26. The van der Waals surface area contributed by atoms with Gasteiger partial charge in [-0.25, -0.2) is 9.59 Å². The highest BCUT2D eigenvalue weighted by atomic mass is 79.9. The summed E-state index contributed by atoms with van der Waals surface area (Å²) in [5, 5.41) is 0. The molecule has 0 aliphatic carbocycles. The lowest BCUT2D eigenvalue weighted by Gasteiger charge is -2.21. The average molecular weight is 688 g/mol. The Morgan fingerprint density at radius 3 is 1.33 bits per heavy atom. The number of hydrogen-bond acceptors (Lipinski definition) is 9. The zero-order chi connectivity index (χ0) is 28.9. The molecule has 2 aromatic carbocycles. The van der Waals surface area contributed by atoms with Crippen molar-refractivity contribution in [1.82, 2.24) is 0 Å². The van der Waals surface area contributed by atoms with E-state index in [0.717, 1.165) is 0 Å². The molecular formula is C28H32Br2O8S. The first-order chi connectivity index (χ1) is 18.8. The van der Waals surface area contributed by atoms with Crippen molar-refractivity contribution in [3.63, 3.8) is 0 Å². The van der Waals surface area contributed by atoms with Gasteiger partial charge < -0.3 is 28.4 Å². The second-order valence-corrected chi connectivity index (χ2v) is 10.0. The first-order valence-electron chi connectivity index (χ1n) is 12.4. The van der Waals surface area contributed by atoms with Gasteiger partial charge in [-0.15, -0.1) is 0 Å². The van der Waals surface area contributed by atoms with E-state index in [1.165, 1.54) is 23.9 Å². The number of halogens is 2. The van der Waals surface area contributed by atoms with Gasteiger partial charge in [0.15, 0.2) is 34.5 Å². The summed E-state index contributed by atoms with van der Waals surface area (Å²) < 4.78 is 35.6. The minimum absolute atomic E-state index is 0.209. The molecule has 39 heavy (non-hydrogen) atoms. The molecule has 0 aliphatic heterocycles. The molecular weight excluding hydrogens is 656 g/mol. The van der Waals surface area contributed by atoms with Crippen LogP contribution in [0.15, 0.2) is 55.2 Å². The number of ether oxygens (including phenoxy) is 6. The Labute approximate surface area is 250 Å². The Kier molecular flexibility index (Phi) is 13.8. The van der Waals surface area contributed by atoms with Gasteiger partial charge in [-0.2, -0.15) is 0 Å². The summed E-state index contributed by atoms with van der Waals surface area (Å²) in [7, 11) is 0. The summed E-state index contributed by atoms with van der Waals surface area (Å²) >= 11 is 8.44. The van der Waals surface area contributed by atoms with Gasteiger partial charge in [0, 0.05) is 24.3 Å². The number of esters is 2. The van der Waals surface area contributed by atoms with Crippen LogP contribution in [0.5, 0.6) is 34.5 Å². The summed E-state index contributed by atoms with van der Waals surface area (Å²) in [5.41, 5.74) is 0. The normalized spacial score (nSPS) is 11.1. The van der Waals surface area contributed by atoms with Crippen molar-refractivity contribution in [3.8, 4) is 34.5 Å². The molecule has 0 radical (unpaired) electrons. The third-order valence-corrected chi connectivity index (χ3v) is 7.11. The zero-order valence-corrected chi connectivity index (χ0v) is 26.7. The van der Waals surface area contributed by atoms with Gasteiger partial charge in [0.25, 0.3) is 0 Å². The SMILES string of the molecule is CC=CC(=O)Oc1c(OCC)cc(Sc2cc(OCC)c(OC(=O)C=CC)c(Br)c2OCC)c(OCC)c1Br. The molecule has 0 aromatic heterocycles. The van der Waals surface area contributed by atoms with Gasteiger partial charge in [0.1, 0.15) is 8.95 Å². The molecule has 0 N–H and O–H groups in total. The summed E-state index contributed by atoms with van der Waals surface area (Å²) in [6.45, 7) is 12.2. The van der Waals surface area contributed by atoms with Crippen molar-refractivity contribution in [1.29, 1.82) is 0 Å². The number of allylic oxidation sites excluding steroid dienone is 2. The van der Waals surface area contributed by atoms with Crippen LogP contribution in [0, 0.1) is 0 Å². The molecule has 0 spiro atoms. The molecule has 8 nitrogen and oxygen atoms in total. The van der Waals surface area contributed by atoms with Crippen molar-refractivity contribution in [2.45, 2.75) is 51.3 Å². The monoisotopic (exact) mass is 686 g/mol. The minimum Gasteiger partial charge on any atom is -0.491 e. The predicted octanol–water partition coefficient (Wildman–Crippen LogP) is 7.92. The van der Waals surface area contributed by atoms with E-state index in [9.17, 15) is 9.59 Å². The second kappa shape index (κ2) is 16.5. The Balaban J connectivity index is 2.75.